The molecule has 4 unspecified atom stereocenters. The van der Waals surface area contributed by atoms with E-state index in [-0.39, 0.29) is 29.9 Å². The molecule has 0 bridgehead atoms. The number of carbonyl (C=O) groups excluding carboxylic acids is 3. The highest BCUT2D eigenvalue weighted by atomic mass is 16.5. The molecule has 320 valence electrons. The van der Waals surface area contributed by atoms with Crippen LogP contribution < -0.4 is 5.32 Å². The molecule has 3 aliphatic heterocycles. The number of piperidine rings is 1. The van der Waals surface area contributed by atoms with Crippen LogP contribution in [0, 0.1) is 11.8 Å². The Morgan fingerprint density at radius 2 is 1.21 bits per heavy atom. The Morgan fingerprint density at radius 3 is 1.86 bits per heavy atom. The van der Waals surface area contributed by atoms with Crippen LogP contribution in [-0.4, -0.2) is 85.8 Å². The number of imidazole rings is 2. The second-order valence-electron chi connectivity index (χ2n) is 16.5. The minimum atomic E-state index is -0.880. The van der Waals surface area contributed by atoms with Gasteiger partial charge in [0.25, 0.3) is 5.91 Å². The summed E-state index contributed by atoms with van der Waals surface area (Å²) in [6.07, 6.45) is 9.78. The number of hydrogen-bond acceptors (Lipinski definition) is 7. The molecule has 4 atom stereocenters. The number of nitrogens with zero attached hydrogens (tertiary/aromatic N) is 5. The van der Waals surface area contributed by atoms with Gasteiger partial charge in [0.2, 0.25) is 5.91 Å². The van der Waals surface area contributed by atoms with Gasteiger partial charge in [-0.25, -0.2) is 14.8 Å². The van der Waals surface area contributed by atoms with Gasteiger partial charge in [0.05, 0.1) is 37.3 Å². The molecule has 3 fully saturated rings. The number of carbonyl (C=O) groups is 3. The predicted molar refractivity (Wildman–Crippen MR) is 241 cm³/mol. The maximum absolute atomic E-state index is 14.4. The number of methoxy groups -OCH3 is 1. The third kappa shape index (κ3) is 9.15. The standard InChI is InChI=1S/C51H52N8O4/c1-63-51(62)56-45(39-13-5-2-6-14-39)49(60)58-31-11-17-43(58)47-52-33-41(54-47)28-21-35-19-22-36(23-20-35)37-24-26-38(27-25-37)42-34-53-48(55-42)44-18-12-32-59(44)50(61)46(40-15-7-3-8-16-40)57-29-9-4-10-30-57/h2-3,5-8,13-16,19-20,22-27,33-34,43-46H,4,9-12,17-18,29-32H2,1H3,(H,52,54)(H,53,55)(H,56,62). The molecule has 0 spiro atoms. The third-order valence-electron chi connectivity index (χ3n) is 12.6. The van der Waals surface area contributed by atoms with Gasteiger partial charge in [-0.1, -0.05) is 109 Å². The van der Waals surface area contributed by atoms with Gasteiger partial charge >= 0.3 is 6.09 Å². The van der Waals surface area contributed by atoms with Crippen molar-refractivity contribution in [3.05, 3.63) is 156 Å². The number of H-pyrrole nitrogens is 2. The van der Waals surface area contributed by atoms with Gasteiger partial charge in [0, 0.05) is 18.7 Å². The van der Waals surface area contributed by atoms with Gasteiger partial charge in [-0.05, 0) is 97.5 Å². The van der Waals surface area contributed by atoms with Gasteiger partial charge in [-0.2, -0.15) is 0 Å². The molecule has 0 saturated carbocycles. The van der Waals surface area contributed by atoms with Gasteiger partial charge in [-0.15, -0.1) is 0 Å². The van der Waals surface area contributed by atoms with Crippen LogP contribution in [0.1, 0.15) is 103 Å². The Kier molecular flexibility index (Phi) is 12.5. The zero-order valence-corrected chi connectivity index (χ0v) is 35.5. The van der Waals surface area contributed by atoms with Crippen molar-refractivity contribution in [2.24, 2.45) is 0 Å². The second-order valence-corrected chi connectivity index (χ2v) is 16.5. The Hall–Kier alpha value is -6.97. The van der Waals surface area contributed by atoms with E-state index in [1.165, 1.54) is 13.5 Å². The molecular weight excluding hydrogens is 789 g/mol. The minimum absolute atomic E-state index is 0.0803. The van der Waals surface area contributed by atoms with E-state index in [4.69, 9.17) is 9.72 Å². The highest BCUT2D eigenvalue weighted by molar-refractivity contribution is 5.87. The van der Waals surface area contributed by atoms with Crippen molar-refractivity contribution in [1.82, 2.24) is 40.0 Å². The van der Waals surface area contributed by atoms with Crippen LogP contribution in [0.3, 0.4) is 0 Å². The molecule has 63 heavy (non-hydrogen) atoms. The molecule has 5 heterocycles. The molecule has 12 nitrogen and oxygen atoms in total. The second kappa shape index (κ2) is 19.0. The van der Waals surface area contributed by atoms with Crippen molar-refractivity contribution in [2.45, 2.75) is 69.1 Å². The summed E-state index contributed by atoms with van der Waals surface area (Å²) in [6.45, 7) is 3.17. The highest BCUT2D eigenvalue weighted by Crippen LogP contribution is 2.37. The van der Waals surface area contributed by atoms with E-state index in [0.29, 0.717) is 23.6 Å². The number of ether oxygens (including phenoxy) is 1. The maximum atomic E-state index is 14.4. The van der Waals surface area contributed by atoms with Gasteiger partial charge < -0.3 is 29.8 Å². The number of likely N-dealkylation sites (tertiary alicyclic amines) is 3. The summed E-state index contributed by atoms with van der Waals surface area (Å²) >= 11 is 0. The van der Waals surface area contributed by atoms with Crippen molar-refractivity contribution in [3.63, 3.8) is 0 Å². The van der Waals surface area contributed by atoms with E-state index in [2.05, 4.69) is 90.4 Å². The summed E-state index contributed by atoms with van der Waals surface area (Å²) in [5.41, 5.74) is 7.38. The van der Waals surface area contributed by atoms with E-state index in [1.54, 1.807) is 11.1 Å². The number of amides is 3. The van der Waals surface area contributed by atoms with Crippen molar-refractivity contribution in [2.75, 3.05) is 33.3 Å². The molecule has 0 radical (unpaired) electrons. The summed E-state index contributed by atoms with van der Waals surface area (Å²) in [7, 11) is 1.28. The summed E-state index contributed by atoms with van der Waals surface area (Å²) in [6, 6.07) is 34.5. The van der Waals surface area contributed by atoms with E-state index in [1.807, 2.05) is 66.9 Å². The van der Waals surface area contributed by atoms with Crippen LogP contribution in [0.2, 0.25) is 0 Å². The van der Waals surface area contributed by atoms with Crippen LogP contribution in [0.5, 0.6) is 0 Å². The van der Waals surface area contributed by atoms with Crippen LogP contribution in [0.25, 0.3) is 22.4 Å². The fourth-order valence-electron chi connectivity index (χ4n) is 9.33. The summed E-state index contributed by atoms with van der Waals surface area (Å²) in [4.78, 5) is 62.9. The summed E-state index contributed by atoms with van der Waals surface area (Å²) in [5.74, 6) is 7.89. The van der Waals surface area contributed by atoms with Crippen molar-refractivity contribution in [3.8, 4) is 34.2 Å². The number of aromatic amines is 2. The number of rotatable bonds is 10. The maximum Gasteiger partial charge on any atom is 0.407 e. The van der Waals surface area contributed by atoms with Gasteiger partial charge in [0.15, 0.2) is 0 Å². The molecule has 3 N–H and O–H groups in total. The first-order chi connectivity index (χ1) is 30.9. The molecule has 3 amide bonds. The fraction of sp³-hybridized carbons (Fsp3) is 0.314. The Balaban J connectivity index is 0.836. The lowest BCUT2D eigenvalue weighted by Crippen LogP contribution is -2.44. The lowest BCUT2D eigenvalue weighted by Gasteiger charge is -2.37. The number of hydrogen-bond donors (Lipinski definition) is 3. The van der Waals surface area contributed by atoms with Gasteiger partial charge in [-0.3, -0.25) is 14.5 Å². The van der Waals surface area contributed by atoms with Crippen LogP contribution in [0.4, 0.5) is 4.79 Å². The third-order valence-corrected chi connectivity index (χ3v) is 12.6. The minimum Gasteiger partial charge on any atom is -0.453 e. The molecule has 12 heteroatoms. The lowest BCUT2D eigenvalue weighted by molar-refractivity contribution is -0.139. The van der Waals surface area contributed by atoms with Crippen molar-refractivity contribution < 1.29 is 19.1 Å². The normalized spacial score (nSPS) is 18.6. The Bertz CT molecular complexity index is 2570. The first kappa shape index (κ1) is 41.4. The molecule has 9 rings (SSSR count). The highest BCUT2D eigenvalue weighted by Gasteiger charge is 2.39. The van der Waals surface area contributed by atoms with Crippen LogP contribution >= 0.6 is 0 Å². The average molecular weight is 841 g/mol. The number of benzene rings is 4. The smallest absolute Gasteiger partial charge is 0.407 e. The largest absolute Gasteiger partial charge is 0.453 e. The van der Waals surface area contributed by atoms with E-state index in [0.717, 1.165) is 97.5 Å². The van der Waals surface area contributed by atoms with E-state index in [9.17, 15) is 14.4 Å². The SMILES string of the molecule is COC(=O)NC(C(=O)N1CCCC1c1ncc(C#Cc2ccc(-c3ccc(-c4cnc(C5CCCN5C(=O)C(c5ccccc5)N5CCCCC5)[nH]4)cc3)cc2)[nH]1)c1ccccc1. The molecule has 3 aliphatic rings. The molecule has 6 aromatic rings. The number of aromatic nitrogens is 4. The lowest BCUT2D eigenvalue weighted by atomic mass is 10.00. The Labute approximate surface area is 368 Å². The molecule has 3 saturated heterocycles. The molecule has 0 aliphatic carbocycles. The first-order valence-electron chi connectivity index (χ1n) is 22.1. The predicted octanol–water partition coefficient (Wildman–Crippen LogP) is 8.52. The van der Waals surface area contributed by atoms with Crippen LogP contribution in [-0.2, 0) is 14.3 Å². The Morgan fingerprint density at radius 1 is 0.635 bits per heavy atom. The number of alkyl carbamates (subject to hydrolysis) is 1. The molecular formula is C51H52N8O4. The van der Waals surface area contributed by atoms with Crippen molar-refractivity contribution >= 4 is 17.9 Å². The van der Waals surface area contributed by atoms with Crippen LogP contribution in [0.15, 0.2) is 122 Å². The zero-order chi connectivity index (χ0) is 43.1. The molecule has 2 aromatic heterocycles. The zero-order valence-electron chi connectivity index (χ0n) is 35.5. The van der Waals surface area contributed by atoms with E-state index < -0.39 is 12.1 Å². The summed E-state index contributed by atoms with van der Waals surface area (Å²) < 4.78 is 4.82. The fourth-order valence-corrected chi connectivity index (χ4v) is 9.33. The van der Waals surface area contributed by atoms with Gasteiger partial charge in [0.1, 0.15) is 29.4 Å². The first-order valence-corrected chi connectivity index (χ1v) is 22.1. The summed E-state index contributed by atoms with van der Waals surface area (Å²) in [5, 5.41) is 2.71. The van der Waals surface area contributed by atoms with Crippen molar-refractivity contribution in [1.29, 1.82) is 0 Å². The molecule has 4 aromatic carbocycles. The monoisotopic (exact) mass is 840 g/mol. The number of nitrogens with one attached hydrogen (secondary N) is 3. The topological polar surface area (TPSA) is 140 Å². The average Bonchev–Trinajstić information content (AvgIpc) is 4.19. The quantitative estimate of drug-likeness (QED) is 0.118. The van der Waals surface area contributed by atoms with E-state index >= 15 is 0 Å².